The number of alkyl halides is 3. The number of phenolic OH excluding ortho intramolecular Hbond substituents is 1. The van der Waals surface area contributed by atoms with Crippen molar-refractivity contribution in [3.8, 4) is 23.3 Å². The first-order valence-electron chi connectivity index (χ1n) is 9.91. The Balaban J connectivity index is 1.84. The van der Waals surface area contributed by atoms with E-state index in [9.17, 15) is 37.0 Å². The Morgan fingerprint density at radius 1 is 0.941 bits per heavy atom. The number of hydrogen-bond donors (Lipinski definition) is 2. The zero-order valence-electron chi connectivity index (χ0n) is 17.4. The fourth-order valence-corrected chi connectivity index (χ4v) is 3.12. The van der Waals surface area contributed by atoms with E-state index in [1.54, 1.807) is 0 Å². The molecule has 0 amide bonds. The first kappa shape index (κ1) is 24.6. The molecule has 0 fully saturated rings. The van der Waals surface area contributed by atoms with E-state index in [-0.39, 0.29) is 36.1 Å². The highest BCUT2D eigenvalue weighted by atomic mass is 19.4. The molecule has 0 unspecified atom stereocenters. The van der Waals surface area contributed by atoms with E-state index in [2.05, 4.69) is 11.8 Å². The minimum absolute atomic E-state index is 0.0535. The van der Waals surface area contributed by atoms with Crippen molar-refractivity contribution in [3.05, 3.63) is 94.0 Å². The molecule has 2 N–H and O–H groups in total. The molecule has 0 aliphatic heterocycles. The minimum Gasteiger partial charge on any atom is -0.508 e. The molecule has 3 rings (SSSR count). The van der Waals surface area contributed by atoms with Gasteiger partial charge in [0.25, 0.3) is 0 Å². The van der Waals surface area contributed by atoms with Crippen LogP contribution in [0.1, 0.15) is 39.0 Å². The van der Waals surface area contributed by atoms with Gasteiger partial charge in [0.15, 0.2) is 17.4 Å². The van der Waals surface area contributed by atoms with Gasteiger partial charge in [0.1, 0.15) is 5.75 Å². The van der Waals surface area contributed by atoms with Gasteiger partial charge in [-0.2, -0.15) is 13.2 Å². The molecule has 0 radical (unpaired) electrons. The maximum absolute atomic E-state index is 13.7. The zero-order valence-corrected chi connectivity index (χ0v) is 17.4. The highest BCUT2D eigenvalue weighted by molar-refractivity contribution is 5.88. The third-order valence-electron chi connectivity index (χ3n) is 4.75. The molecule has 3 aromatic carbocycles. The van der Waals surface area contributed by atoms with Gasteiger partial charge >= 0.3 is 12.1 Å². The summed E-state index contributed by atoms with van der Waals surface area (Å²) < 4.78 is 72.3. The maximum atomic E-state index is 13.7. The quantitative estimate of drug-likeness (QED) is 0.268. The number of aryl methyl sites for hydroxylation is 1. The van der Waals surface area contributed by atoms with Crippen LogP contribution in [0.5, 0.6) is 11.5 Å². The van der Waals surface area contributed by atoms with E-state index in [0.29, 0.717) is 11.6 Å². The first-order valence-corrected chi connectivity index (χ1v) is 9.91. The average Bonchev–Trinajstić information content (AvgIpc) is 2.77. The lowest BCUT2D eigenvalue weighted by atomic mass is 9.99. The SMILES string of the molecule is O=C(O)c1ccc(C#Cc2ccc(O)cc2C(F)(F)F)c(CCCOc2c(F)cccc2F)c1. The molecular weight excluding hydrogens is 459 g/mol. The van der Waals surface area contributed by atoms with Gasteiger partial charge < -0.3 is 14.9 Å². The molecule has 0 spiro atoms. The molecule has 0 aromatic heterocycles. The van der Waals surface area contributed by atoms with Crippen molar-refractivity contribution < 1.29 is 41.7 Å². The van der Waals surface area contributed by atoms with E-state index in [0.717, 1.165) is 24.3 Å². The third kappa shape index (κ3) is 6.04. The van der Waals surface area contributed by atoms with E-state index >= 15 is 0 Å². The van der Waals surface area contributed by atoms with Crippen LogP contribution in [0.4, 0.5) is 22.0 Å². The van der Waals surface area contributed by atoms with Gasteiger partial charge in [-0.25, -0.2) is 13.6 Å². The summed E-state index contributed by atoms with van der Waals surface area (Å²) >= 11 is 0. The number of benzene rings is 3. The molecule has 0 aliphatic rings. The van der Waals surface area contributed by atoms with Gasteiger partial charge in [0.2, 0.25) is 0 Å². The Morgan fingerprint density at radius 2 is 1.59 bits per heavy atom. The second kappa shape index (κ2) is 10.3. The molecule has 34 heavy (non-hydrogen) atoms. The predicted molar refractivity (Wildman–Crippen MR) is 113 cm³/mol. The van der Waals surface area contributed by atoms with Crippen molar-refractivity contribution in [2.75, 3.05) is 6.61 Å². The van der Waals surface area contributed by atoms with Crippen LogP contribution in [-0.4, -0.2) is 22.8 Å². The summed E-state index contributed by atoms with van der Waals surface area (Å²) in [6.45, 7) is -0.0990. The maximum Gasteiger partial charge on any atom is 0.417 e. The van der Waals surface area contributed by atoms with Crippen molar-refractivity contribution in [2.45, 2.75) is 19.0 Å². The Hall–Kier alpha value is -4.06. The fourth-order valence-electron chi connectivity index (χ4n) is 3.12. The smallest absolute Gasteiger partial charge is 0.417 e. The first-order chi connectivity index (χ1) is 16.1. The van der Waals surface area contributed by atoms with Gasteiger partial charge in [0, 0.05) is 11.1 Å². The summed E-state index contributed by atoms with van der Waals surface area (Å²) in [5.41, 5.74) is -0.830. The molecule has 0 heterocycles. The lowest BCUT2D eigenvalue weighted by molar-refractivity contribution is -0.137. The average molecular weight is 476 g/mol. The van der Waals surface area contributed by atoms with Crippen molar-refractivity contribution >= 4 is 5.97 Å². The van der Waals surface area contributed by atoms with Crippen molar-refractivity contribution in [2.24, 2.45) is 0 Å². The Labute approximate surface area is 191 Å². The normalized spacial score (nSPS) is 11.0. The minimum atomic E-state index is -4.74. The van der Waals surface area contributed by atoms with E-state index in [4.69, 9.17) is 4.74 Å². The number of hydrogen-bond acceptors (Lipinski definition) is 3. The van der Waals surface area contributed by atoms with E-state index in [1.807, 2.05) is 0 Å². The van der Waals surface area contributed by atoms with Crippen molar-refractivity contribution in [3.63, 3.8) is 0 Å². The van der Waals surface area contributed by atoms with Crippen LogP contribution >= 0.6 is 0 Å². The van der Waals surface area contributed by atoms with Crippen LogP contribution in [0.25, 0.3) is 0 Å². The Bertz CT molecular complexity index is 1250. The number of ether oxygens (including phenoxy) is 1. The highest BCUT2D eigenvalue weighted by Gasteiger charge is 2.33. The van der Waals surface area contributed by atoms with Crippen LogP contribution in [0.15, 0.2) is 54.6 Å². The molecule has 9 heteroatoms. The van der Waals surface area contributed by atoms with Crippen molar-refractivity contribution in [1.82, 2.24) is 0 Å². The number of aromatic carboxylic acids is 1. The van der Waals surface area contributed by atoms with Crippen LogP contribution in [0.2, 0.25) is 0 Å². The second-order valence-corrected chi connectivity index (χ2v) is 7.16. The van der Waals surface area contributed by atoms with Crippen LogP contribution < -0.4 is 4.74 Å². The lowest BCUT2D eigenvalue weighted by Crippen LogP contribution is -2.07. The summed E-state index contributed by atoms with van der Waals surface area (Å²) in [6.07, 6.45) is -4.33. The summed E-state index contributed by atoms with van der Waals surface area (Å²) in [6, 6.07) is 9.93. The van der Waals surface area contributed by atoms with Crippen molar-refractivity contribution in [1.29, 1.82) is 0 Å². The fraction of sp³-hybridized carbons (Fsp3) is 0.160. The molecule has 0 bridgehead atoms. The molecule has 176 valence electrons. The van der Waals surface area contributed by atoms with Crippen LogP contribution in [-0.2, 0) is 12.6 Å². The van der Waals surface area contributed by atoms with E-state index < -0.39 is 40.8 Å². The monoisotopic (exact) mass is 476 g/mol. The van der Waals surface area contributed by atoms with Gasteiger partial charge in [-0.1, -0.05) is 17.9 Å². The summed E-state index contributed by atoms with van der Waals surface area (Å²) in [5, 5.41) is 18.6. The molecule has 3 aromatic rings. The van der Waals surface area contributed by atoms with Gasteiger partial charge in [-0.15, -0.1) is 0 Å². The predicted octanol–water partition coefficient (Wildman–Crippen LogP) is 5.80. The molecule has 4 nitrogen and oxygen atoms in total. The number of carboxylic acids is 1. The van der Waals surface area contributed by atoms with Crippen LogP contribution in [0, 0.1) is 23.5 Å². The van der Waals surface area contributed by atoms with Gasteiger partial charge in [-0.3, -0.25) is 0 Å². The van der Waals surface area contributed by atoms with Gasteiger partial charge in [-0.05, 0) is 66.9 Å². The molecule has 0 saturated carbocycles. The molecule has 0 aliphatic carbocycles. The van der Waals surface area contributed by atoms with E-state index in [1.165, 1.54) is 24.3 Å². The number of aromatic hydroxyl groups is 1. The number of para-hydroxylation sites is 1. The summed E-state index contributed by atoms with van der Waals surface area (Å²) in [7, 11) is 0. The topological polar surface area (TPSA) is 66.8 Å². The number of halogens is 5. The summed E-state index contributed by atoms with van der Waals surface area (Å²) in [4.78, 5) is 11.3. The Kier molecular flexibility index (Phi) is 7.41. The zero-order chi connectivity index (χ0) is 24.9. The second-order valence-electron chi connectivity index (χ2n) is 7.16. The largest absolute Gasteiger partial charge is 0.508 e. The number of carbonyl (C=O) groups is 1. The molecule has 0 atom stereocenters. The summed E-state index contributed by atoms with van der Waals surface area (Å²) in [5.74, 6) is 1.01. The lowest BCUT2D eigenvalue weighted by Gasteiger charge is -2.10. The highest BCUT2D eigenvalue weighted by Crippen LogP contribution is 2.34. The van der Waals surface area contributed by atoms with Crippen LogP contribution in [0.3, 0.4) is 0 Å². The number of rotatable bonds is 6. The molecule has 0 saturated heterocycles. The number of phenols is 1. The third-order valence-corrected chi connectivity index (χ3v) is 4.75. The standard InChI is InChI=1S/C25H17F5O4/c26-21-4-1-5-22(27)23(21)34-12-2-3-17-13-18(24(32)33)9-7-15(17)6-8-16-10-11-19(31)14-20(16)25(28,29)30/h1,4-5,7,9-11,13-14,31H,2-3,12H2,(H,32,33). The number of carboxylic acid groups (broad SMARTS) is 1. The van der Waals surface area contributed by atoms with Gasteiger partial charge in [0.05, 0.1) is 17.7 Å². The Morgan fingerprint density at radius 3 is 2.24 bits per heavy atom. The molecular formula is C25H17F5O4.